The molecule has 0 amide bonds. The van der Waals surface area contributed by atoms with Gasteiger partial charge in [0.25, 0.3) is 0 Å². The van der Waals surface area contributed by atoms with E-state index in [9.17, 15) is 10.2 Å². The maximum atomic E-state index is 10.2. The molecule has 1 heterocycles. The molecule has 4 heteroatoms. The zero-order valence-electron chi connectivity index (χ0n) is 11.3. The third kappa shape index (κ3) is 2.63. The molecule has 20 heavy (non-hydrogen) atoms. The van der Waals surface area contributed by atoms with Gasteiger partial charge >= 0.3 is 0 Å². The maximum absolute atomic E-state index is 10.2. The maximum Gasteiger partial charge on any atom is 0.120 e. The Labute approximate surface area is 118 Å². The van der Waals surface area contributed by atoms with Crippen LogP contribution < -0.4 is 5.32 Å². The Morgan fingerprint density at radius 1 is 1.20 bits per heavy atom. The SMILES string of the molecule is Oc1ccc2ccccc2c1CNCC1(O)CCOC1. The number of benzene rings is 2. The Balaban J connectivity index is 1.75. The number of hydrogen-bond donors (Lipinski definition) is 3. The molecule has 1 unspecified atom stereocenters. The van der Waals surface area contributed by atoms with Crippen molar-refractivity contribution in [3.05, 3.63) is 42.0 Å². The van der Waals surface area contributed by atoms with Crippen LogP contribution in [0.3, 0.4) is 0 Å². The van der Waals surface area contributed by atoms with Crippen LogP contribution in [0, 0.1) is 0 Å². The summed E-state index contributed by atoms with van der Waals surface area (Å²) in [5, 5.41) is 25.6. The highest BCUT2D eigenvalue weighted by atomic mass is 16.5. The van der Waals surface area contributed by atoms with E-state index in [1.807, 2.05) is 30.3 Å². The standard InChI is InChI=1S/C16H19NO3/c18-15-6-5-12-3-1-2-4-13(12)14(15)9-17-10-16(19)7-8-20-11-16/h1-6,17-19H,7-11H2. The van der Waals surface area contributed by atoms with Crippen molar-refractivity contribution >= 4 is 10.8 Å². The first-order valence-corrected chi connectivity index (χ1v) is 6.88. The molecule has 0 aliphatic carbocycles. The van der Waals surface area contributed by atoms with Crippen molar-refractivity contribution in [1.82, 2.24) is 5.32 Å². The van der Waals surface area contributed by atoms with Gasteiger partial charge in [0.2, 0.25) is 0 Å². The average Bonchev–Trinajstić information content (AvgIpc) is 2.88. The molecule has 0 radical (unpaired) electrons. The smallest absolute Gasteiger partial charge is 0.120 e. The molecule has 0 spiro atoms. The molecule has 1 atom stereocenters. The van der Waals surface area contributed by atoms with E-state index in [0.29, 0.717) is 32.7 Å². The second kappa shape index (κ2) is 5.40. The predicted molar refractivity (Wildman–Crippen MR) is 77.7 cm³/mol. The summed E-state index contributed by atoms with van der Waals surface area (Å²) < 4.78 is 5.22. The van der Waals surface area contributed by atoms with Crippen molar-refractivity contribution in [1.29, 1.82) is 0 Å². The molecule has 1 saturated heterocycles. The van der Waals surface area contributed by atoms with Gasteiger partial charge in [0.05, 0.1) is 6.61 Å². The Bertz CT molecular complexity index is 606. The lowest BCUT2D eigenvalue weighted by molar-refractivity contribution is 0.0268. The first kappa shape index (κ1) is 13.4. The quantitative estimate of drug-likeness (QED) is 0.795. The summed E-state index contributed by atoms with van der Waals surface area (Å²) in [6.07, 6.45) is 0.654. The fraction of sp³-hybridized carbons (Fsp3) is 0.375. The van der Waals surface area contributed by atoms with Gasteiger partial charge in [0.15, 0.2) is 0 Å². The summed E-state index contributed by atoms with van der Waals surface area (Å²) in [5.74, 6) is 0.283. The van der Waals surface area contributed by atoms with Crippen molar-refractivity contribution < 1.29 is 14.9 Å². The highest BCUT2D eigenvalue weighted by Crippen LogP contribution is 2.27. The number of ether oxygens (including phenoxy) is 1. The van der Waals surface area contributed by atoms with Crippen LogP contribution in [0.1, 0.15) is 12.0 Å². The van der Waals surface area contributed by atoms with Crippen LogP contribution in [0.4, 0.5) is 0 Å². The molecule has 1 aliphatic rings. The highest BCUT2D eigenvalue weighted by molar-refractivity contribution is 5.87. The van der Waals surface area contributed by atoms with Crippen LogP contribution in [0.15, 0.2) is 36.4 Å². The van der Waals surface area contributed by atoms with Crippen LogP contribution in [0.25, 0.3) is 10.8 Å². The molecular formula is C16H19NO3. The van der Waals surface area contributed by atoms with Gasteiger partial charge < -0.3 is 20.3 Å². The molecule has 1 aliphatic heterocycles. The molecule has 2 aromatic carbocycles. The van der Waals surface area contributed by atoms with Crippen LogP contribution in [0.2, 0.25) is 0 Å². The number of hydrogen-bond acceptors (Lipinski definition) is 4. The largest absolute Gasteiger partial charge is 0.508 e. The van der Waals surface area contributed by atoms with E-state index in [-0.39, 0.29) is 5.75 Å². The fourth-order valence-electron chi connectivity index (χ4n) is 2.67. The number of nitrogens with one attached hydrogen (secondary N) is 1. The summed E-state index contributed by atoms with van der Waals surface area (Å²) in [6, 6.07) is 11.6. The minimum absolute atomic E-state index is 0.283. The van der Waals surface area contributed by atoms with Crippen LogP contribution >= 0.6 is 0 Å². The van der Waals surface area contributed by atoms with Gasteiger partial charge in [-0.1, -0.05) is 30.3 Å². The van der Waals surface area contributed by atoms with Gasteiger partial charge in [0, 0.05) is 31.7 Å². The normalized spacial score (nSPS) is 22.4. The van der Waals surface area contributed by atoms with Crippen molar-refractivity contribution in [2.75, 3.05) is 19.8 Å². The fourth-order valence-corrected chi connectivity index (χ4v) is 2.67. The second-order valence-electron chi connectivity index (χ2n) is 5.41. The van der Waals surface area contributed by atoms with Gasteiger partial charge in [-0.3, -0.25) is 0 Å². The van der Waals surface area contributed by atoms with Gasteiger partial charge in [-0.15, -0.1) is 0 Å². The Kier molecular flexibility index (Phi) is 3.61. The van der Waals surface area contributed by atoms with E-state index in [1.165, 1.54) is 0 Å². The minimum Gasteiger partial charge on any atom is -0.508 e. The summed E-state index contributed by atoms with van der Waals surface area (Å²) in [6.45, 7) is 1.98. The van der Waals surface area contributed by atoms with Crippen molar-refractivity contribution in [3.63, 3.8) is 0 Å². The molecule has 1 fully saturated rings. The summed E-state index contributed by atoms with van der Waals surface area (Å²) in [5.41, 5.74) is 0.0887. The lowest BCUT2D eigenvalue weighted by atomic mass is 10.0. The van der Waals surface area contributed by atoms with Crippen molar-refractivity contribution in [3.8, 4) is 5.75 Å². The number of fused-ring (bicyclic) bond motifs is 1. The predicted octanol–water partition coefficient (Wildman–Crippen LogP) is 1.79. The first-order chi connectivity index (χ1) is 9.68. The second-order valence-corrected chi connectivity index (χ2v) is 5.41. The molecule has 3 N–H and O–H groups in total. The van der Waals surface area contributed by atoms with Gasteiger partial charge in [-0.05, 0) is 16.8 Å². The molecule has 2 aromatic rings. The molecular weight excluding hydrogens is 254 g/mol. The van der Waals surface area contributed by atoms with Gasteiger partial charge in [-0.2, -0.15) is 0 Å². The van der Waals surface area contributed by atoms with E-state index in [2.05, 4.69) is 5.32 Å². The van der Waals surface area contributed by atoms with E-state index in [1.54, 1.807) is 6.07 Å². The third-order valence-corrected chi connectivity index (χ3v) is 3.85. The molecule has 106 valence electrons. The van der Waals surface area contributed by atoms with Crippen molar-refractivity contribution in [2.45, 2.75) is 18.6 Å². The number of aromatic hydroxyl groups is 1. The van der Waals surface area contributed by atoms with E-state index < -0.39 is 5.60 Å². The summed E-state index contributed by atoms with van der Waals surface area (Å²) in [4.78, 5) is 0. The summed E-state index contributed by atoms with van der Waals surface area (Å²) >= 11 is 0. The Morgan fingerprint density at radius 3 is 2.85 bits per heavy atom. The number of rotatable bonds is 4. The van der Waals surface area contributed by atoms with Crippen molar-refractivity contribution in [2.24, 2.45) is 0 Å². The van der Waals surface area contributed by atoms with E-state index >= 15 is 0 Å². The monoisotopic (exact) mass is 273 g/mol. The van der Waals surface area contributed by atoms with E-state index in [4.69, 9.17) is 4.74 Å². The number of phenolic OH excluding ortho intramolecular Hbond substituents is 1. The molecule has 0 saturated carbocycles. The zero-order valence-corrected chi connectivity index (χ0v) is 11.3. The first-order valence-electron chi connectivity index (χ1n) is 6.88. The number of phenols is 1. The average molecular weight is 273 g/mol. The molecule has 0 bridgehead atoms. The topological polar surface area (TPSA) is 61.7 Å². The number of aliphatic hydroxyl groups is 1. The van der Waals surface area contributed by atoms with E-state index in [0.717, 1.165) is 16.3 Å². The Morgan fingerprint density at radius 2 is 2.05 bits per heavy atom. The zero-order chi connectivity index (χ0) is 14.0. The lowest BCUT2D eigenvalue weighted by Gasteiger charge is -2.21. The minimum atomic E-state index is -0.778. The lowest BCUT2D eigenvalue weighted by Crippen LogP contribution is -2.40. The van der Waals surface area contributed by atoms with Crippen LogP contribution in [-0.2, 0) is 11.3 Å². The van der Waals surface area contributed by atoms with Crippen LogP contribution in [-0.4, -0.2) is 35.6 Å². The third-order valence-electron chi connectivity index (χ3n) is 3.85. The van der Waals surface area contributed by atoms with Gasteiger partial charge in [-0.25, -0.2) is 0 Å². The van der Waals surface area contributed by atoms with Gasteiger partial charge in [0.1, 0.15) is 11.4 Å². The molecule has 0 aromatic heterocycles. The van der Waals surface area contributed by atoms with Crippen LogP contribution in [0.5, 0.6) is 5.75 Å². The molecule has 3 rings (SSSR count). The summed E-state index contributed by atoms with van der Waals surface area (Å²) in [7, 11) is 0. The molecule has 4 nitrogen and oxygen atoms in total. The Hall–Kier alpha value is -1.62. The highest BCUT2D eigenvalue weighted by Gasteiger charge is 2.31.